The molecule has 0 N–H and O–H groups in total. The Morgan fingerprint density at radius 3 is 2.30 bits per heavy atom. The average Bonchev–Trinajstić information content (AvgIpc) is 3.21. The van der Waals surface area contributed by atoms with E-state index in [2.05, 4.69) is 30.4 Å². The summed E-state index contributed by atoms with van der Waals surface area (Å²) < 4.78 is 26.3. The van der Waals surface area contributed by atoms with E-state index in [4.69, 9.17) is 18.7 Å². The standard InChI is InChI=1S/C14H12BrN3O4S/c1-19-9-4-7(5-10(20-2)12(9)21-3)13-16-14(22-17-13)11-8(15)6-23-18-11/h4-6H,1-3H3. The molecule has 0 saturated heterocycles. The second kappa shape index (κ2) is 6.55. The van der Waals surface area contributed by atoms with Gasteiger partial charge in [0.25, 0.3) is 5.89 Å². The molecule has 3 aromatic rings. The minimum atomic E-state index is 0.335. The molecule has 7 nitrogen and oxygen atoms in total. The molecular formula is C14H12BrN3O4S. The van der Waals surface area contributed by atoms with E-state index in [1.165, 1.54) is 11.5 Å². The van der Waals surface area contributed by atoms with Crippen molar-refractivity contribution in [3.63, 3.8) is 0 Å². The van der Waals surface area contributed by atoms with Crippen molar-refractivity contribution in [3.05, 3.63) is 22.0 Å². The van der Waals surface area contributed by atoms with Crippen LogP contribution in [0.5, 0.6) is 17.2 Å². The SMILES string of the molecule is COc1cc(-c2noc(-c3nscc3Br)n2)cc(OC)c1OC. The number of aromatic nitrogens is 3. The summed E-state index contributed by atoms with van der Waals surface area (Å²) >= 11 is 4.70. The summed E-state index contributed by atoms with van der Waals surface area (Å²) in [5.74, 6) is 2.27. The van der Waals surface area contributed by atoms with Crippen molar-refractivity contribution in [1.29, 1.82) is 0 Å². The van der Waals surface area contributed by atoms with E-state index in [0.29, 0.717) is 40.2 Å². The Hall–Kier alpha value is -2.13. The van der Waals surface area contributed by atoms with Crippen molar-refractivity contribution in [2.24, 2.45) is 0 Å². The third kappa shape index (κ3) is 2.89. The van der Waals surface area contributed by atoms with Crippen molar-refractivity contribution in [2.75, 3.05) is 21.3 Å². The number of benzene rings is 1. The molecule has 1 aromatic carbocycles. The summed E-state index contributed by atoms with van der Waals surface area (Å²) in [6.07, 6.45) is 0. The number of hydrogen-bond acceptors (Lipinski definition) is 8. The molecule has 2 aromatic heterocycles. The number of ether oxygens (including phenoxy) is 3. The molecule has 0 unspecified atom stereocenters. The zero-order valence-electron chi connectivity index (χ0n) is 12.5. The summed E-state index contributed by atoms with van der Waals surface area (Å²) in [7, 11) is 4.65. The minimum absolute atomic E-state index is 0.335. The lowest BCUT2D eigenvalue weighted by Gasteiger charge is -2.12. The van der Waals surface area contributed by atoms with Gasteiger partial charge in [0.05, 0.1) is 25.8 Å². The first-order valence-corrected chi connectivity index (χ1v) is 8.05. The first kappa shape index (κ1) is 15.8. The smallest absolute Gasteiger partial charge is 0.279 e. The quantitative estimate of drug-likeness (QED) is 0.649. The van der Waals surface area contributed by atoms with Crippen molar-refractivity contribution >= 4 is 27.5 Å². The normalized spacial score (nSPS) is 10.6. The Morgan fingerprint density at radius 2 is 1.78 bits per heavy atom. The van der Waals surface area contributed by atoms with Crippen LogP contribution >= 0.6 is 27.5 Å². The lowest BCUT2D eigenvalue weighted by Crippen LogP contribution is -1.96. The monoisotopic (exact) mass is 397 g/mol. The molecule has 0 aliphatic carbocycles. The van der Waals surface area contributed by atoms with E-state index in [1.807, 2.05) is 5.38 Å². The van der Waals surface area contributed by atoms with E-state index in [1.54, 1.807) is 33.5 Å². The highest BCUT2D eigenvalue weighted by molar-refractivity contribution is 9.10. The van der Waals surface area contributed by atoms with Gasteiger partial charge < -0.3 is 18.7 Å². The lowest BCUT2D eigenvalue weighted by molar-refractivity contribution is 0.324. The Kier molecular flexibility index (Phi) is 4.49. The molecule has 2 heterocycles. The lowest BCUT2D eigenvalue weighted by atomic mass is 10.1. The summed E-state index contributed by atoms with van der Waals surface area (Å²) in [5.41, 5.74) is 1.29. The number of rotatable bonds is 5. The second-order valence-electron chi connectivity index (χ2n) is 4.35. The van der Waals surface area contributed by atoms with Gasteiger partial charge in [-0.3, -0.25) is 0 Å². The van der Waals surface area contributed by atoms with Crippen molar-refractivity contribution < 1.29 is 18.7 Å². The van der Waals surface area contributed by atoms with Gasteiger partial charge >= 0.3 is 0 Å². The Labute approximate surface area is 144 Å². The van der Waals surface area contributed by atoms with Crippen molar-refractivity contribution in [2.45, 2.75) is 0 Å². The highest BCUT2D eigenvalue weighted by atomic mass is 79.9. The van der Waals surface area contributed by atoms with Gasteiger partial charge in [-0.25, -0.2) is 0 Å². The highest BCUT2D eigenvalue weighted by Gasteiger charge is 2.19. The fraction of sp³-hybridized carbons (Fsp3) is 0.214. The molecule has 0 amide bonds. The van der Waals surface area contributed by atoms with Crippen LogP contribution in [0.4, 0.5) is 0 Å². The third-order valence-corrected chi connectivity index (χ3v) is 4.61. The second-order valence-corrected chi connectivity index (χ2v) is 5.83. The molecule has 0 aliphatic heterocycles. The molecular weight excluding hydrogens is 386 g/mol. The van der Waals surface area contributed by atoms with E-state index < -0.39 is 0 Å². The van der Waals surface area contributed by atoms with Gasteiger partial charge in [0.1, 0.15) is 0 Å². The molecule has 0 saturated carbocycles. The fourth-order valence-electron chi connectivity index (χ4n) is 2.01. The first-order valence-electron chi connectivity index (χ1n) is 6.42. The highest BCUT2D eigenvalue weighted by Crippen LogP contribution is 2.41. The zero-order chi connectivity index (χ0) is 16.4. The van der Waals surface area contributed by atoms with Crippen LogP contribution in [0.1, 0.15) is 0 Å². The van der Waals surface area contributed by atoms with Gasteiger partial charge in [-0.05, 0) is 39.6 Å². The van der Waals surface area contributed by atoms with E-state index in [-0.39, 0.29) is 0 Å². The van der Waals surface area contributed by atoms with Crippen LogP contribution in [0.2, 0.25) is 0 Å². The first-order chi connectivity index (χ1) is 11.2. The van der Waals surface area contributed by atoms with E-state index in [0.717, 1.165) is 4.47 Å². The molecule has 0 radical (unpaired) electrons. The van der Waals surface area contributed by atoms with Crippen LogP contribution in [0.25, 0.3) is 23.0 Å². The maximum Gasteiger partial charge on any atom is 0.279 e. The van der Waals surface area contributed by atoms with Crippen molar-refractivity contribution in [3.8, 4) is 40.2 Å². The average molecular weight is 398 g/mol. The van der Waals surface area contributed by atoms with Gasteiger partial charge in [-0.1, -0.05) is 5.16 Å². The zero-order valence-corrected chi connectivity index (χ0v) is 14.9. The number of hydrogen-bond donors (Lipinski definition) is 0. The fourth-order valence-corrected chi connectivity index (χ4v) is 3.18. The maximum absolute atomic E-state index is 5.33. The molecule has 0 fully saturated rings. The summed E-state index contributed by atoms with van der Waals surface area (Å²) in [5, 5.41) is 5.84. The van der Waals surface area contributed by atoms with Crippen LogP contribution in [-0.2, 0) is 0 Å². The summed E-state index contributed by atoms with van der Waals surface area (Å²) in [6.45, 7) is 0. The molecule has 0 atom stereocenters. The predicted octanol–water partition coefficient (Wildman–Crippen LogP) is 3.65. The van der Waals surface area contributed by atoms with Crippen LogP contribution in [-0.4, -0.2) is 35.8 Å². The van der Waals surface area contributed by atoms with Gasteiger partial charge in [-0.15, -0.1) is 0 Å². The number of halogens is 1. The molecule has 9 heteroatoms. The van der Waals surface area contributed by atoms with Crippen LogP contribution in [0.15, 0.2) is 26.5 Å². The minimum Gasteiger partial charge on any atom is -0.493 e. The van der Waals surface area contributed by atoms with Crippen LogP contribution in [0.3, 0.4) is 0 Å². The number of nitrogens with zero attached hydrogens (tertiary/aromatic N) is 3. The Bertz CT molecular complexity index is 808. The Morgan fingerprint density at radius 1 is 1.09 bits per heavy atom. The molecule has 0 spiro atoms. The largest absolute Gasteiger partial charge is 0.493 e. The topological polar surface area (TPSA) is 79.5 Å². The maximum atomic E-state index is 5.33. The molecule has 23 heavy (non-hydrogen) atoms. The van der Waals surface area contributed by atoms with Gasteiger partial charge in [0, 0.05) is 10.9 Å². The van der Waals surface area contributed by atoms with Gasteiger partial charge in [0.15, 0.2) is 17.2 Å². The summed E-state index contributed by atoms with van der Waals surface area (Å²) in [6, 6.07) is 3.51. The molecule has 120 valence electrons. The van der Waals surface area contributed by atoms with Gasteiger partial charge in [-0.2, -0.15) is 9.36 Å². The van der Waals surface area contributed by atoms with E-state index in [9.17, 15) is 0 Å². The number of methoxy groups -OCH3 is 3. The predicted molar refractivity (Wildman–Crippen MR) is 88.2 cm³/mol. The summed E-state index contributed by atoms with van der Waals surface area (Å²) in [4.78, 5) is 4.37. The van der Waals surface area contributed by atoms with Crippen LogP contribution < -0.4 is 14.2 Å². The van der Waals surface area contributed by atoms with E-state index >= 15 is 0 Å². The Balaban J connectivity index is 2.06. The van der Waals surface area contributed by atoms with Crippen molar-refractivity contribution in [1.82, 2.24) is 14.5 Å². The van der Waals surface area contributed by atoms with Crippen LogP contribution in [0, 0.1) is 0 Å². The molecule has 0 bridgehead atoms. The molecule has 3 rings (SSSR count). The van der Waals surface area contributed by atoms with Gasteiger partial charge in [0.2, 0.25) is 11.6 Å². The third-order valence-electron chi connectivity index (χ3n) is 3.08. The molecule has 0 aliphatic rings.